The molecule has 0 aromatic carbocycles. The van der Waals surface area contributed by atoms with Gasteiger partial charge in [0.05, 0.1) is 13.2 Å². The molecule has 1 aliphatic heterocycles. The van der Waals surface area contributed by atoms with Crippen LogP contribution in [0.2, 0.25) is 0 Å². The molecule has 3 heterocycles. The van der Waals surface area contributed by atoms with Crippen LogP contribution in [0.15, 0.2) is 33.4 Å². The molecule has 6 heteroatoms. The van der Waals surface area contributed by atoms with E-state index < -0.39 is 0 Å². The Bertz CT molecular complexity index is 638. The first kappa shape index (κ1) is 16.1. The van der Waals surface area contributed by atoms with Crippen LogP contribution in [0, 0.1) is 6.92 Å². The summed E-state index contributed by atoms with van der Waals surface area (Å²) in [5.74, 6) is 1.95. The Morgan fingerprint density at radius 3 is 3.04 bits per heavy atom. The number of urea groups is 1. The third-order valence-corrected chi connectivity index (χ3v) is 4.81. The minimum atomic E-state index is -0.183. The molecule has 0 radical (unpaired) electrons. The lowest BCUT2D eigenvalue weighted by molar-refractivity contribution is -0.0263. The molecule has 1 saturated heterocycles. The van der Waals surface area contributed by atoms with Crippen molar-refractivity contribution in [2.75, 3.05) is 26.2 Å². The lowest BCUT2D eigenvalue weighted by atomic mass is 10.1. The molecular weight excluding hydrogens is 312 g/mol. The van der Waals surface area contributed by atoms with E-state index in [0.717, 1.165) is 11.5 Å². The van der Waals surface area contributed by atoms with Crippen molar-refractivity contribution < 1.29 is 13.9 Å². The van der Waals surface area contributed by atoms with Crippen LogP contribution in [0.5, 0.6) is 0 Å². The zero-order valence-corrected chi connectivity index (χ0v) is 14.3. The van der Waals surface area contributed by atoms with E-state index in [4.69, 9.17) is 9.15 Å². The molecule has 23 heavy (non-hydrogen) atoms. The second kappa shape index (κ2) is 7.19. The van der Waals surface area contributed by atoms with Gasteiger partial charge >= 0.3 is 6.03 Å². The Hall–Kier alpha value is -1.79. The summed E-state index contributed by atoms with van der Waals surface area (Å²) < 4.78 is 11.3. The van der Waals surface area contributed by atoms with E-state index in [-0.39, 0.29) is 12.1 Å². The van der Waals surface area contributed by atoms with Crippen molar-refractivity contribution in [2.24, 2.45) is 0 Å². The summed E-state index contributed by atoms with van der Waals surface area (Å²) in [6, 6.07) is 5.90. The van der Waals surface area contributed by atoms with Crippen LogP contribution in [0.3, 0.4) is 0 Å². The molecule has 1 aliphatic rings. The van der Waals surface area contributed by atoms with Crippen LogP contribution in [0.1, 0.15) is 36.0 Å². The predicted octanol–water partition coefficient (Wildman–Crippen LogP) is 3.54. The van der Waals surface area contributed by atoms with Crippen LogP contribution in [0.4, 0.5) is 4.79 Å². The smallest absolute Gasteiger partial charge is 0.317 e. The second-order valence-electron chi connectivity index (χ2n) is 5.90. The summed E-state index contributed by atoms with van der Waals surface area (Å²) in [6.07, 6.45) is -0.183. The average Bonchev–Trinajstić information content (AvgIpc) is 3.24. The third-order valence-electron chi connectivity index (χ3n) is 4.10. The molecule has 2 atom stereocenters. The Kier molecular flexibility index (Phi) is 5.03. The molecule has 0 unspecified atom stereocenters. The fourth-order valence-corrected chi connectivity index (χ4v) is 3.44. The molecule has 0 saturated carbocycles. The van der Waals surface area contributed by atoms with Gasteiger partial charge in [-0.15, -0.1) is 0 Å². The normalized spacial score (nSPS) is 19.6. The highest BCUT2D eigenvalue weighted by Crippen LogP contribution is 2.24. The van der Waals surface area contributed by atoms with Gasteiger partial charge in [0.1, 0.15) is 17.6 Å². The summed E-state index contributed by atoms with van der Waals surface area (Å²) in [5.41, 5.74) is 1.27. The highest BCUT2D eigenvalue weighted by atomic mass is 32.1. The number of nitrogens with zero attached hydrogens (tertiary/aromatic N) is 1. The zero-order chi connectivity index (χ0) is 16.2. The number of thiophene rings is 1. The number of carbonyl (C=O) groups excluding carboxylic acids is 1. The Morgan fingerprint density at radius 2 is 2.35 bits per heavy atom. The van der Waals surface area contributed by atoms with Gasteiger partial charge in [-0.3, -0.25) is 0 Å². The Labute approximate surface area is 140 Å². The van der Waals surface area contributed by atoms with Crippen molar-refractivity contribution in [1.29, 1.82) is 0 Å². The summed E-state index contributed by atoms with van der Waals surface area (Å²) in [6.45, 7) is 6.31. The number of carbonyl (C=O) groups is 1. The number of nitrogens with one attached hydrogen (secondary N) is 1. The topological polar surface area (TPSA) is 54.7 Å². The molecule has 0 spiro atoms. The van der Waals surface area contributed by atoms with E-state index in [9.17, 15) is 4.79 Å². The van der Waals surface area contributed by atoms with Gasteiger partial charge in [0.2, 0.25) is 0 Å². The van der Waals surface area contributed by atoms with Crippen LogP contribution in [-0.2, 0) is 4.74 Å². The maximum Gasteiger partial charge on any atom is 0.317 e. The van der Waals surface area contributed by atoms with Crippen molar-refractivity contribution in [3.05, 3.63) is 46.0 Å². The van der Waals surface area contributed by atoms with Crippen LogP contribution in [0.25, 0.3) is 0 Å². The first-order chi connectivity index (χ1) is 11.1. The van der Waals surface area contributed by atoms with Crippen LogP contribution >= 0.6 is 11.3 Å². The first-order valence-corrected chi connectivity index (χ1v) is 8.80. The summed E-state index contributed by atoms with van der Waals surface area (Å²) >= 11 is 1.68. The molecule has 124 valence electrons. The molecule has 1 N–H and O–H groups in total. The quantitative estimate of drug-likeness (QED) is 0.930. The number of ether oxygens (including phenoxy) is 1. The average molecular weight is 334 g/mol. The van der Waals surface area contributed by atoms with Gasteiger partial charge in [-0.05, 0) is 47.4 Å². The number of aryl methyl sites for hydroxylation is 1. The largest absolute Gasteiger partial charge is 0.464 e. The number of hydrogen-bond donors (Lipinski definition) is 1. The molecule has 1 fully saturated rings. The van der Waals surface area contributed by atoms with Gasteiger partial charge in [0.25, 0.3) is 0 Å². The maximum atomic E-state index is 12.4. The minimum Gasteiger partial charge on any atom is -0.464 e. The summed E-state index contributed by atoms with van der Waals surface area (Å²) in [4.78, 5) is 14.2. The summed E-state index contributed by atoms with van der Waals surface area (Å²) in [5, 5.41) is 7.21. The standard InChI is InChI=1S/C17H22N2O3S/c1-12(14-5-8-23-11-14)9-18-17(20)19-6-7-21-16(10-19)15-4-3-13(2)22-15/h3-5,8,11-12,16H,6-7,9-10H2,1-2H3,(H,18,20)/t12-,16-/m1/s1. The Balaban J connectivity index is 1.53. The van der Waals surface area contributed by atoms with Gasteiger partial charge in [-0.25, -0.2) is 4.79 Å². The van der Waals surface area contributed by atoms with Gasteiger partial charge in [-0.1, -0.05) is 6.92 Å². The lowest BCUT2D eigenvalue weighted by Gasteiger charge is -2.32. The van der Waals surface area contributed by atoms with Crippen molar-refractivity contribution in [3.63, 3.8) is 0 Å². The van der Waals surface area contributed by atoms with E-state index in [1.54, 1.807) is 16.2 Å². The lowest BCUT2D eigenvalue weighted by Crippen LogP contribution is -2.47. The number of hydrogen-bond acceptors (Lipinski definition) is 4. The van der Waals surface area contributed by atoms with Gasteiger partial charge in [0, 0.05) is 13.1 Å². The van der Waals surface area contributed by atoms with Crippen molar-refractivity contribution in [2.45, 2.75) is 25.9 Å². The molecule has 5 nitrogen and oxygen atoms in total. The van der Waals surface area contributed by atoms with E-state index in [1.165, 1.54) is 5.56 Å². The maximum absolute atomic E-state index is 12.4. The van der Waals surface area contributed by atoms with E-state index in [2.05, 4.69) is 29.1 Å². The van der Waals surface area contributed by atoms with Crippen molar-refractivity contribution >= 4 is 17.4 Å². The van der Waals surface area contributed by atoms with E-state index in [0.29, 0.717) is 32.2 Å². The number of morpholine rings is 1. The van der Waals surface area contributed by atoms with Gasteiger partial charge in [-0.2, -0.15) is 11.3 Å². The third kappa shape index (κ3) is 3.95. The predicted molar refractivity (Wildman–Crippen MR) is 89.8 cm³/mol. The van der Waals surface area contributed by atoms with E-state index in [1.807, 2.05) is 19.1 Å². The zero-order valence-electron chi connectivity index (χ0n) is 13.5. The molecule has 2 aromatic rings. The molecule has 0 bridgehead atoms. The molecule has 3 rings (SSSR count). The second-order valence-corrected chi connectivity index (χ2v) is 6.68. The molecule has 0 aliphatic carbocycles. The number of furan rings is 1. The van der Waals surface area contributed by atoms with Crippen LogP contribution < -0.4 is 5.32 Å². The fraction of sp³-hybridized carbons (Fsp3) is 0.471. The SMILES string of the molecule is Cc1ccc([C@H]2CN(C(=O)NC[C@@H](C)c3ccsc3)CCO2)o1. The van der Waals surface area contributed by atoms with Gasteiger partial charge in [0.15, 0.2) is 0 Å². The summed E-state index contributed by atoms with van der Waals surface area (Å²) in [7, 11) is 0. The Morgan fingerprint density at radius 1 is 1.48 bits per heavy atom. The number of rotatable bonds is 4. The first-order valence-electron chi connectivity index (χ1n) is 7.86. The van der Waals surface area contributed by atoms with Gasteiger partial charge < -0.3 is 19.4 Å². The van der Waals surface area contributed by atoms with Crippen LogP contribution in [-0.4, -0.2) is 37.2 Å². The fourth-order valence-electron chi connectivity index (χ4n) is 2.66. The monoisotopic (exact) mass is 334 g/mol. The van der Waals surface area contributed by atoms with Crippen molar-refractivity contribution in [1.82, 2.24) is 10.2 Å². The minimum absolute atomic E-state index is 0.0383. The molecule has 2 amide bonds. The van der Waals surface area contributed by atoms with Crippen molar-refractivity contribution in [3.8, 4) is 0 Å². The molecule has 2 aromatic heterocycles. The number of amides is 2. The highest BCUT2D eigenvalue weighted by Gasteiger charge is 2.27. The molecular formula is C17H22N2O3S. The highest BCUT2D eigenvalue weighted by molar-refractivity contribution is 7.07. The van der Waals surface area contributed by atoms with E-state index >= 15 is 0 Å².